The van der Waals surface area contributed by atoms with Crippen molar-refractivity contribution in [2.75, 3.05) is 25.0 Å². The van der Waals surface area contributed by atoms with E-state index in [-0.39, 0.29) is 18.1 Å². The molecular weight excluding hydrogens is 304 g/mol. The molecule has 1 aliphatic rings. The monoisotopic (exact) mass is 326 g/mol. The number of benzene rings is 1. The summed E-state index contributed by atoms with van der Waals surface area (Å²) in [6, 6.07) is 5.13. The number of nitrogens with zero attached hydrogens (tertiary/aromatic N) is 1. The zero-order valence-corrected chi connectivity index (χ0v) is 13.8. The Morgan fingerprint density at radius 2 is 2.18 bits per heavy atom. The largest absolute Gasteiger partial charge is 0.490 e. The first-order chi connectivity index (χ1) is 10.5. The first-order valence-electron chi connectivity index (χ1n) is 7.68. The fraction of sp³-hybridized carbons (Fsp3) is 0.562. The number of piperidine rings is 1. The number of aliphatic hydroxyl groups excluding tert-OH is 1. The number of hydrogen-bond donors (Lipinski definition) is 2. The maximum atomic E-state index is 12.4. The van der Waals surface area contributed by atoms with Crippen LogP contribution in [0.25, 0.3) is 0 Å². The number of ether oxygens (including phenoxy) is 1. The van der Waals surface area contributed by atoms with E-state index >= 15 is 0 Å². The Morgan fingerprint density at radius 3 is 2.77 bits per heavy atom. The fourth-order valence-corrected chi connectivity index (χ4v) is 2.91. The number of urea groups is 1. The molecule has 1 aliphatic heterocycles. The highest BCUT2D eigenvalue weighted by Crippen LogP contribution is 2.33. The molecule has 0 aliphatic carbocycles. The van der Waals surface area contributed by atoms with Crippen LogP contribution in [0.2, 0.25) is 5.02 Å². The highest BCUT2D eigenvalue weighted by Gasteiger charge is 2.26. The maximum absolute atomic E-state index is 12.4. The van der Waals surface area contributed by atoms with E-state index in [0.29, 0.717) is 36.2 Å². The van der Waals surface area contributed by atoms with Gasteiger partial charge in [-0.2, -0.15) is 0 Å². The van der Waals surface area contributed by atoms with Crippen molar-refractivity contribution in [3.05, 3.63) is 23.2 Å². The minimum Gasteiger partial charge on any atom is -0.490 e. The summed E-state index contributed by atoms with van der Waals surface area (Å²) < 4.78 is 5.51. The van der Waals surface area contributed by atoms with Crippen LogP contribution in [-0.4, -0.2) is 41.8 Å². The van der Waals surface area contributed by atoms with Crippen molar-refractivity contribution in [3.8, 4) is 5.75 Å². The molecule has 0 spiro atoms. The number of nitrogens with one attached hydrogen (secondary N) is 1. The normalized spacial score (nSPS) is 17.2. The van der Waals surface area contributed by atoms with Gasteiger partial charge in [0.15, 0.2) is 5.75 Å². The summed E-state index contributed by atoms with van der Waals surface area (Å²) in [6.07, 6.45) is 1.32. The Bertz CT molecular complexity index is 514. The van der Waals surface area contributed by atoms with Gasteiger partial charge in [0.25, 0.3) is 0 Å². The van der Waals surface area contributed by atoms with Crippen LogP contribution in [0.1, 0.15) is 26.7 Å². The summed E-state index contributed by atoms with van der Waals surface area (Å²) in [4.78, 5) is 14.1. The van der Waals surface area contributed by atoms with Crippen molar-refractivity contribution in [1.29, 1.82) is 0 Å². The standard InChI is InChI=1S/C16H23ClN2O3/c1-3-22-15-13(17)5-4-6-14(15)18-16(21)19-9-7-12(8-10-19)11(2)20/h4-6,11-12,20H,3,7-10H2,1-2H3,(H,18,21). The van der Waals surface area contributed by atoms with Gasteiger partial charge >= 0.3 is 6.03 Å². The molecule has 1 heterocycles. The average Bonchev–Trinajstić information content (AvgIpc) is 2.51. The number of rotatable bonds is 4. The second-order valence-electron chi connectivity index (χ2n) is 5.54. The van der Waals surface area contributed by atoms with E-state index in [0.717, 1.165) is 12.8 Å². The number of amides is 2. The van der Waals surface area contributed by atoms with Gasteiger partial charge in [0.1, 0.15) is 0 Å². The van der Waals surface area contributed by atoms with Crippen molar-refractivity contribution in [2.45, 2.75) is 32.8 Å². The lowest BCUT2D eigenvalue weighted by atomic mass is 9.92. The van der Waals surface area contributed by atoms with E-state index < -0.39 is 0 Å². The zero-order chi connectivity index (χ0) is 16.1. The van der Waals surface area contributed by atoms with Gasteiger partial charge in [-0.15, -0.1) is 0 Å². The summed E-state index contributed by atoms with van der Waals surface area (Å²) in [5.41, 5.74) is 0.581. The van der Waals surface area contributed by atoms with Gasteiger partial charge in [0, 0.05) is 13.1 Å². The number of anilines is 1. The molecular formula is C16H23ClN2O3. The summed E-state index contributed by atoms with van der Waals surface area (Å²) >= 11 is 6.11. The van der Waals surface area contributed by atoms with Gasteiger partial charge < -0.3 is 20.1 Å². The van der Waals surface area contributed by atoms with Crippen LogP contribution in [0, 0.1) is 5.92 Å². The third-order valence-electron chi connectivity index (χ3n) is 4.01. The molecule has 1 aromatic carbocycles. The SMILES string of the molecule is CCOc1c(Cl)cccc1NC(=O)N1CCC(C(C)O)CC1. The minimum atomic E-state index is -0.317. The number of hydrogen-bond acceptors (Lipinski definition) is 3. The van der Waals surface area contributed by atoms with Crippen LogP contribution in [0.15, 0.2) is 18.2 Å². The van der Waals surface area contributed by atoms with Crippen molar-refractivity contribution in [2.24, 2.45) is 5.92 Å². The lowest BCUT2D eigenvalue weighted by Gasteiger charge is -2.33. The van der Waals surface area contributed by atoms with Crippen molar-refractivity contribution < 1.29 is 14.6 Å². The number of likely N-dealkylation sites (tertiary alicyclic amines) is 1. The van der Waals surface area contributed by atoms with Gasteiger partial charge in [-0.1, -0.05) is 17.7 Å². The summed E-state index contributed by atoms with van der Waals surface area (Å²) in [6.45, 7) is 5.45. The number of carbonyl (C=O) groups is 1. The third kappa shape index (κ3) is 4.05. The molecule has 1 atom stereocenters. The summed E-state index contributed by atoms with van der Waals surface area (Å²) in [7, 11) is 0. The van der Waals surface area contributed by atoms with Crippen LogP contribution in [0.4, 0.5) is 10.5 Å². The Hall–Kier alpha value is -1.46. The lowest BCUT2D eigenvalue weighted by Crippen LogP contribution is -2.42. The van der Waals surface area contributed by atoms with Gasteiger partial charge in [-0.05, 0) is 44.7 Å². The molecule has 1 unspecified atom stereocenters. The van der Waals surface area contributed by atoms with E-state index in [2.05, 4.69) is 5.32 Å². The molecule has 0 aromatic heterocycles. The highest BCUT2D eigenvalue weighted by molar-refractivity contribution is 6.32. The number of carbonyl (C=O) groups excluding carboxylic acids is 1. The van der Waals surface area contributed by atoms with Crippen LogP contribution < -0.4 is 10.1 Å². The molecule has 0 saturated carbocycles. The summed E-state index contributed by atoms with van der Waals surface area (Å²) in [5, 5.41) is 13.0. The average molecular weight is 327 g/mol. The number of para-hydroxylation sites is 1. The van der Waals surface area contributed by atoms with Gasteiger partial charge in [-0.25, -0.2) is 4.79 Å². The van der Waals surface area contributed by atoms with Crippen LogP contribution in [0.3, 0.4) is 0 Å². The zero-order valence-electron chi connectivity index (χ0n) is 13.0. The maximum Gasteiger partial charge on any atom is 0.321 e. The van der Waals surface area contributed by atoms with E-state index in [1.54, 1.807) is 30.0 Å². The second kappa shape index (κ2) is 7.70. The minimum absolute atomic E-state index is 0.160. The number of aliphatic hydroxyl groups is 1. The topological polar surface area (TPSA) is 61.8 Å². The lowest BCUT2D eigenvalue weighted by molar-refractivity contribution is 0.0820. The summed E-state index contributed by atoms with van der Waals surface area (Å²) in [5.74, 6) is 0.771. The molecule has 5 nitrogen and oxygen atoms in total. The molecule has 1 fully saturated rings. The molecule has 1 aromatic rings. The number of halogens is 1. The van der Waals surface area contributed by atoms with Gasteiger partial charge in [-0.3, -0.25) is 0 Å². The van der Waals surface area contributed by atoms with Crippen molar-refractivity contribution in [3.63, 3.8) is 0 Å². The molecule has 0 radical (unpaired) electrons. The van der Waals surface area contributed by atoms with E-state index in [4.69, 9.17) is 16.3 Å². The Morgan fingerprint density at radius 1 is 1.50 bits per heavy atom. The van der Waals surface area contributed by atoms with E-state index in [9.17, 15) is 9.90 Å². The highest BCUT2D eigenvalue weighted by atomic mass is 35.5. The predicted molar refractivity (Wildman–Crippen MR) is 87.6 cm³/mol. The van der Waals surface area contributed by atoms with Crippen LogP contribution >= 0.6 is 11.6 Å². The Kier molecular flexibility index (Phi) is 5.91. The van der Waals surface area contributed by atoms with Crippen molar-refractivity contribution >= 4 is 23.3 Å². The molecule has 122 valence electrons. The molecule has 2 rings (SSSR count). The Balaban J connectivity index is 2.00. The van der Waals surface area contributed by atoms with E-state index in [1.807, 2.05) is 6.92 Å². The smallest absolute Gasteiger partial charge is 0.321 e. The quantitative estimate of drug-likeness (QED) is 0.891. The van der Waals surface area contributed by atoms with Crippen molar-refractivity contribution in [1.82, 2.24) is 4.90 Å². The van der Waals surface area contributed by atoms with E-state index in [1.165, 1.54) is 0 Å². The molecule has 2 amide bonds. The van der Waals surface area contributed by atoms with Crippen LogP contribution in [-0.2, 0) is 0 Å². The second-order valence-corrected chi connectivity index (χ2v) is 5.95. The fourth-order valence-electron chi connectivity index (χ4n) is 2.68. The first kappa shape index (κ1) is 16.9. The predicted octanol–water partition coefficient (Wildman–Crippen LogP) is 3.36. The molecule has 1 saturated heterocycles. The molecule has 6 heteroatoms. The van der Waals surface area contributed by atoms with Crippen LogP contribution in [0.5, 0.6) is 5.75 Å². The van der Waals surface area contributed by atoms with Gasteiger partial charge in [0.05, 0.1) is 23.4 Å². The Labute approximate surface area is 136 Å². The third-order valence-corrected chi connectivity index (χ3v) is 4.30. The molecule has 0 bridgehead atoms. The molecule has 22 heavy (non-hydrogen) atoms. The van der Waals surface area contributed by atoms with Gasteiger partial charge in [0.2, 0.25) is 0 Å². The first-order valence-corrected chi connectivity index (χ1v) is 8.06. The molecule has 2 N–H and O–H groups in total.